The highest BCUT2D eigenvalue weighted by Gasteiger charge is 2.27. The summed E-state index contributed by atoms with van der Waals surface area (Å²) in [6.07, 6.45) is 1.51. The minimum Gasteiger partial charge on any atom is -1.00 e. The van der Waals surface area contributed by atoms with Crippen LogP contribution >= 0.6 is 7.82 Å². The molecule has 0 aromatic heterocycles. The van der Waals surface area contributed by atoms with Crippen molar-refractivity contribution in [1.82, 2.24) is 5.32 Å². The summed E-state index contributed by atoms with van der Waals surface area (Å²) in [4.78, 5) is 39.7. The number of hydrogen-bond acceptors (Lipinski definition) is 5. The van der Waals surface area contributed by atoms with Crippen LogP contribution in [0.15, 0.2) is 0 Å². The molecule has 0 bridgehead atoms. The van der Waals surface area contributed by atoms with E-state index >= 15 is 0 Å². The molecule has 11 heteroatoms. The highest BCUT2D eigenvalue weighted by molar-refractivity contribution is 7.46. The summed E-state index contributed by atoms with van der Waals surface area (Å²) >= 11 is 0. The molecule has 0 unspecified atom stereocenters. The van der Waals surface area contributed by atoms with E-state index in [1.807, 2.05) is 27.7 Å². The van der Waals surface area contributed by atoms with Gasteiger partial charge in [0.05, 0.1) is 46.3 Å². The number of halogens is 1. The second-order valence-electron chi connectivity index (χ2n) is 9.20. The molecule has 0 rings (SSSR count). The number of carbonyl (C=O) groups is 2. The lowest BCUT2D eigenvalue weighted by molar-refractivity contribution is -0.869. The first-order chi connectivity index (χ1) is 12.9. The largest absolute Gasteiger partial charge is 1.00 e. The van der Waals surface area contributed by atoms with Crippen molar-refractivity contribution in [2.75, 3.05) is 47.4 Å². The number of hydrogen-bond donors (Lipinski definition) is 3. The van der Waals surface area contributed by atoms with E-state index in [1.54, 1.807) is 13.8 Å². The van der Waals surface area contributed by atoms with Gasteiger partial charge in [-0.15, -0.1) is 0 Å². The van der Waals surface area contributed by atoms with Gasteiger partial charge in [0, 0.05) is 5.41 Å². The predicted octanol–water partition coefficient (Wildman–Crippen LogP) is 3.14. The number of amides is 1. The lowest BCUT2D eigenvalue weighted by atomic mass is 9.89. The van der Waals surface area contributed by atoms with E-state index in [1.165, 1.54) is 0 Å². The molecule has 0 fully saturated rings. The van der Waals surface area contributed by atoms with Gasteiger partial charge in [-0.05, 0) is 26.7 Å². The molecule has 0 heterocycles. The van der Waals surface area contributed by atoms with Gasteiger partial charge in [-0.3, -0.25) is 14.1 Å². The zero-order valence-corrected chi connectivity index (χ0v) is 21.6. The van der Waals surface area contributed by atoms with E-state index in [4.69, 9.17) is 14.5 Å². The van der Waals surface area contributed by atoms with Crippen LogP contribution in [0, 0.1) is 10.8 Å². The number of quaternary nitrogens is 1. The normalized spacial score (nSPS) is 10.2. The molecule has 0 aromatic rings. The number of phosphoric ester groups is 1. The Bertz CT molecular complexity index is 561. The second-order valence-corrected chi connectivity index (χ2v) is 10.4. The first-order valence-corrected chi connectivity index (χ1v) is 11.4. The lowest BCUT2D eigenvalue weighted by Crippen LogP contribution is -3.00. The van der Waals surface area contributed by atoms with Crippen LogP contribution in [0.25, 0.3) is 0 Å². The number of carbonyl (C=O) groups excluding carboxylic acids is 2. The zero-order chi connectivity index (χ0) is 23.5. The quantitative estimate of drug-likeness (QED) is 0.150. The molecule has 3 N–H and O–H groups in total. The fourth-order valence-corrected chi connectivity index (χ4v) is 1.85. The van der Waals surface area contributed by atoms with Crippen molar-refractivity contribution in [1.29, 1.82) is 0 Å². The number of nitrogens with one attached hydrogen (secondary N) is 1. The van der Waals surface area contributed by atoms with Gasteiger partial charge in [0.1, 0.15) is 6.61 Å². The molecule has 0 aliphatic rings. The van der Waals surface area contributed by atoms with E-state index < -0.39 is 19.2 Å². The van der Waals surface area contributed by atoms with E-state index in [0.717, 1.165) is 24.0 Å². The van der Waals surface area contributed by atoms with Crippen molar-refractivity contribution in [3.05, 3.63) is 0 Å². The first-order valence-electron chi connectivity index (χ1n) is 9.84. The summed E-state index contributed by atoms with van der Waals surface area (Å²) in [6.45, 7) is 12.6. The number of likely N-dealkylation sites (N-methyl/N-ethyl adjacent to an activating group) is 1. The third kappa shape index (κ3) is 33.3. The summed E-state index contributed by atoms with van der Waals surface area (Å²) in [5.74, 6) is -0.243. The Morgan fingerprint density at radius 2 is 1.22 bits per heavy atom. The van der Waals surface area contributed by atoms with Crippen molar-refractivity contribution < 1.29 is 50.1 Å². The molecule has 9 nitrogen and oxygen atoms in total. The molecule has 0 saturated heterocycles. The van der Waals surface area contributed by atoms with Crippen molar-refractivity contribution in [3.8, 4) is 0 Å². The molecular formula is C25H66ClN2O7P. The van der Waals surface area contributed by atoms with Crippen LogP contribution < -0.4 is 17.7 Å². The maximum absolute atomic E-state index is 11.7. The van der Waals surface area contributed by atoms with Gasteiger partial charge in [0.15, 0.2) is 0 Å². The van der Waals surface area contributed by atoms with Crippen molar-refractivity contribution in [3.63, 3.8) is 0 Å². The van der Waals surface area contributed by atoms with Gasteiger partial charge in [0.25, 0.3) is 0 Å². The fraction of sp³-hybridized carbons (Fsp3) is 0.920. The van der Waals surface area contributed by atoms with Crippen LogP contribution in [-0.4, -0.2) is 73.6 Å². The Balaban J connectivity index is -0.0000000485. The van der Waals surface area contributed by atoms with Crippen LogP contribution in [0.1, 0.15) is 98.9 Å². The van der Waals surface area contributed by atoms with Crippen molar-refractivity contribution in [2.45, 2.75) is 98.9 Å². The Hall–Kier alpha value is -0.700. The Labute approximate surface area is 232 Å². The summed E-state index contributed by atoms with van der Waals surface area (Å²) in [6, 6.07) is 0. The standard InChI is InChI=1S/C11H24N2O.C8H17O6P.6CH4.ClH/c1-7-11(2,3)10(14)12-8-9-13(4,5)6;1-4-8(2,3)7(9)13-5-6-14-15(10,11)12;;;;;;;/h7-9H2,1-6H3;4-6H2,1-3H3,(H2,10,11,12);6*1H4;1H. The van der Waals surface area contributed by atoms with Gasteiger partial charge in [0.2, 0.25) is 5.91 Å². The van der Waals surface area contributed by atoms with E-state index in [0.29, 0.717) is 6.42 Å². The number of nitrogens with zero attached hydrogens (tertiary/aromatic N) is 1. The molecule has 230 valence electrons. The molecule has 1 amide bonds. The fourth-order valence-electron chi connectivity index (χ4n) is 1.53. The van der Waals surface area contributed by atoms with E-state index in [-0.39, 0.29) is 81.5 Å². The molecule has 0 spiro atoms. The molecule has 0 radical (unpaired) electrons. The van der Waals surface area contributed by atoms with Crippen LogP contribution in [-0.2, 0) is 23.4 Å². The first kappa shape index (κ1) is 60.0. The highest BCUT2D eigenvalue weighted by atomic mass is 35.5. The third-order valence-electron chi connectivity index (χ3n) is 4.58. The number of phosphoric acid groups is 1. The van der Waals surface area contributed by atoms with E-state index in [2.05, 4.69) is 31.0 Å². The monoisotopic (exact) mass is 572 g/mol. The molecule has 0 aliphatic carbocycles. The summed E-state index contributed by atoms with van der Waals surface area (Å²) < 4.78 is 20.0. The minimum absolute atomic E-state index is 0. The minimum atomic E-state index is -4.46. The van der Waals surface area contributed by atoms with Gasteiger partial charge in [-0.2, -0.15) is 0 Å². The Kier molecular flexibility index (Phi) is 43.2. The van der Waals surface area contributed by atoms with Crippen LogP contribution in [0.4, 0.5) is 0 Å². The maximum atomic E-state index is 11.7. The SMILES string of the molecule is C.C.C.C.C.C.CCC(C)(C)C(=O)NCC[N+](C)(C)C.CCC(C)(C)C(=O)OCCOP(=O)(O)O.[Cl-]. The van der Waals surface area contributed by atoms with Crippen LogP contribution in [0.5, 0.6) is 0 Å². The Morgan fingerprint density at radius 1 is 0.833 bits per heavy atom. The topological polar surface area (TPSA) is 122 Å². The summed E-state index contributed by atoms with van der Waals surface area (Å²) in [5, 5.41) is 2.98. The van der Waals surface area contributed by atoms with Crippen molar-refractivity contribution >= 4 is 19.7 Å². The number of esters is 1. The molecule has 0 aromatic carbocycles. The number of ether oxygens (including phenoxy) is 1. The summed E-state index contributed by atoms with van der Waals surface area (Å²) in [7, 11) is 1.90. The predicted molar refractivity (Wildman–Crippen MR) is 153 cm³/mol. The number of rotatable bonds is 11. The lowest BCUT2D eigenvalue weighted by Gasteiger charge is -2.26. The second kappa shape index (κ2) is 25.9. The molecule has 0 aliphatic heterocycles. The Morgan fingerprint density at radius 3 is 1.53 bits per heavy atom. The average Bonchev–Trinajstić information content (AvgIpc) is 2.56. The smallest absolute Gasteiger partial charge is 0.469 e. The van der Waals surface area contributed by atoms with Gasteiger partial charge >= 0.3 is 13.8 Å². The third-order valence-corrected chi connectivity index (χ3v) is 5.10. The van der Waals surface area contributed by atoms with Gasteiger partial charge < -0.3 is 36.7 Å². The average molecular weight is 573 g/mol. The van der Waals surface area contributed by atoms with E-state index in [9.17, 15) is 14.2 Å². The molecule has 0 saturated carbocycles. The molecule has 0 atom stereocenters. The maximum Gasteiger partial charge on any atom is 0.469 e. The van der Waals surface area contributed by atoms with Crippen molar-refractivity contribution in [2.24, 2.45) is 10.8 Å². The summed E-state index contributed by atoms with van der Waals surface area (Å²) in [5.41, 5.74) is -0.812. The van der Waals surface area contributed by atoms with Gasteiger partial charge in [-0.25, -0.2) is 4.57 Å². The molecule has 36 heavy (non-hydrogen) atoms. The highest BCUT2D eigenvalue weighted by Crippen LogP contribution is 2.35. The zero-order valence-electron chi connectivity index (χ0n) is 20.0. The van der Waals surface area contributed by atoms with Crippen LogP contribution in [0.3, 0.4) is 0 Å². The molecular weight excluding hydrogens is 507 g/mol. The van der Waals surface area contributed by atoms with Crippen LogP contribution in [0.2, 0.25) is 0 Å². The van der Waals surface area contributed by atoms with Gasteiger partial charge in [-0.1, -0.05) is 72.3 Å².